The van der Waals surface area contributed by atoms with Gasteiger partial charge in [-0.3, -0.25) is 0 Å². The Hall–Kier alpha value is -1.10. The molecule has 1 aliphatic rings. The lowest BCUT2D eigenvalue weighted by Crippen LogP contribution is -2.54. The summed E-state index contributed by atoms with van der Waals surface area (Å²) < 4.78 is 10.7. The maximum atomic E-state index is 5.84. The van der Waals surface area contributed by atoms with E-state index in [9.17, 15) is 0 Å². The van der Waals surface area contributed by atoms with Crippen molar-refractivity contribution in [3.8, 4) is 5.75 Å². The van der Waals surface area contributed by atoms with Crippen LogP contribution in [0.5, 0.6) is 5.75 Å². The van der Waals surface area contributed by atoms with Gasteiger partial charge in [0.25, 0.3) is 0 Å². The van der Waals surface area contributed by atoms with Crippen molar-refractivity contribution in [1.82, 2.24) is 4.90 Å². The van der Waals surface area contributed by atoms with Gasteiger partial charge >= 0.3 is 0 Å². The van der Waals surface area contributed by atoms with Crippen molar-refractivity contribution in [1.29, 1.82) is 0 Å². The van der Waals surface area contributed by atoms with E-state index in [4.69, 9.17) is 15.2 Å². The van der Waals surface area contributed by atoms with E-state index < -0.39 is 0 Å². The number of benzene rings is 1. The molecule has 0 spiro atoms. The van der Waals surface area contributed by atoms with Crippen LogP contribution in [0.25, 0.3) is 0 Å². The minimum absolute atomic E-state index is 0.176. The van der Waals surface area contributed by atoms with Crippen LogP contribution in [0.1, 0.15) is 5.56 Å². The molecule has 0 aromatic heterocycles. The number of nitrogens with zero attached hydrogens (tertiary/aromatic N) is 1. The van der Waals surface area contributed by atoms with Gasteiger partial charge in [-0.15, -0.1) is 0 Å². The van der Waals surface area contributed by atoms with Crippen LogP contribution in [0, 0.1) is 5.41 Å². The zero-order valence-electron chi connectivity index (χ0n) is 11.9. The summed E-state index contributed by atoms with van der Waals surface area (Å²) in [5.74, 6) is 0.969. The SMILES string of the molecule is COc1ccccc1CCN(C)CC1(CN)COC1. The number of methoxy groups -OCH3 is 1. The summed E-state index contributed by atoms with van der Waals surface area (Å²) in [4.78, 5) is 2.34. The van der Waals surface area contributed by atoms with E-state index >= 15 is 0 Å². The molecule has 0 aliphatic carbocycles. The Bertz CT molecular complexity index is 399. The number of hydrogen-bond donors (Lipinski definition) is 1. The summed E-state index contributed by atoms with van der Waals surface area (Å²) in [6.07, 6.45) is 0.988. The predicted octanol–water partition coefficient (Wildman–Crippen LogP) is 1.14. The normalized spacial score (nSPS) is 17.3. The van der Waals surface area contributed by atoms with Gasteiger partial charge in [0, 0.05) is 25.0 Å². The average Bonchev–Trinajstić information content (AvgIpc) is 2.41. The quantitative estimate of drug-likeness (QED) is 0.802. The third kappa shape index (κ3) is 3.47. The highest BCUT2D eigenvalue weighted by Crippen LogP contribution is 2.27. The molecule has 0 unspecified atom stereocenters. The summed E-state index contributed by atoms with van der Waals surface area (Å²) in [5, 5.41) is 0. The van der Waals surface area contributed by atoms with Crippen molar-refractivity contribution in [3.63, 3.8) is 0 Å². The Morgan fingerprint density at radius 3 is 2.68 bits per heavy atom. The van der Waals surface area contributed by atoms with Crippen LogP contribution >= 0.6 is 0 Å². The molecule has 2 rings (SSSR count). The number of rotatable bonds is 7. The molecule has 1 aromatic rings. The van der Waals surface area contributed by atoms with Crippen LogP contribution in [0.2, 0.25) is 0 Å². The van der Waals surface area contributed by atoms with E-state index in [1.165, 1.54) is 5.56 Å². The molecule has 1 aliphatic heterocycles. The Morgan fingerprint density at radius 2 is 2.11 bits per heavy atom. The molecule has 1 saturated heterocycles. The first-order valence-corrected chi connectivity index (χ1v) is 6.77. The Kier molecular flexibility index (Phi) is 4.80. The van der Waals surface area contributed by atoms with E-state index in [1.807, 2.05) is 12.1 Å². The summed E-state index contributed by atoms with van der Waals surface area (Å²) in [5.41, 5.74) is 7.27. The van der Waals surface area contributed by atoms with Crippen LogP contribution in [0.3, 0.4) is 0 Å². The number of likely N-dealkylation sites (N-methyl/N-ethyl adjacent to an activating group) is 1. The third-order valence-electron chi connectivity index (χ3n) is 3.81. The fourth-order valence-electron chi connectivity index (χ4n) is 2.54. The highest BCUT2D eigenvalue weighted by molar-refractivity contribution is 5.33. The number of ether oxygens (including phenoxy) is 2. The zero-order valence-corrected chi connectivity index (χ0v) is 11.9. The highest BCUT2D eigenvalue weighted by atomic mass is 16.5. The Labute approximate surface area is 115 Å². The Morgan fingerprint density at radius 1 is 1.37 bits per heavy atom. The van der Waals surface area contributed by atoms with Gasteiger partial charge in [-0.05, 0) is 25.1 Å². The van der Waals surface area contributed by atoms with Gasteiger partial charge in [-0.2, -0.15) is 0 Å². The van der Waals surface area contributed by atoms with E-state index in [2.05, 4.69) is 24.1 Å². The van der Waals surface area contributed by atoms with Gasteiger partial charge in [0.15, 0.2) is 0 Å². The van der Waals surface area contributed by atoms with Crippen molar-refractivity contribution in [3.05, 3.63) is 29.8 Å². The first kappa shape index (κ1) is 14.3. The standard InChI is InChI=1S/C15H24N2O2/c1-17(10-15(9-16)11-19-12-15)8-7-13-5-3-4-6-14(13)18-2/h3-6H,7-12,16H2,1-2H3. The fraction of sp³-hybridized carbons (Fsp3) is 0.600. The van der Waals surface area contributed by atoms with Gasteiger partial charge < -0.3 is 20.1 Å². The molecule has 4 nitrogen and oxygen atoms in total. The monoisotopic (exact) mass is 264 g/mol. The lowest BCUT2D eigenvalue weighted by atomic mass is 9.85. The molecule has 0 amide bonds. The maximum absolute atomic E-state index is 5.84. The molecule has 2 N–H and O–H groups in total. The van der Waals surface area contributed by atoms with Crippen LogP contribution in [-0.2, 0) is 11.2 Å². The second kappa shape index (κ2) is 6.37. The molecule has 0 saturated carbocycles. The first-order valence-electron chi connectivity index (χ1n) is 6.77. The number of nitrogens with two attached hydrogens (primary N) is 1. The van der Waals surface area contributed by atoms with E-state index in [1.54, 1.807) is 7.11 Å². The van der Waals surface area contributed by atoms with Crippen molar-refractivity contribution < 1.29 is 9.47 Å². The molecule has 1 heterocycles. The van der Waals surface area contributed by atoms with E-state index in [0.717, 1.165) is 38.5 Å². The second-order valence-electron chi connectivity index (χ2n) is 5.50. The van der Waals surface area contributed by atoms with Crippen LogP contribution in [-0.4, -0.2) is 51.9 Å². The van der Waals surface area contributed by atoms with Gasteiger partial charge in [-0.25, -0.2) is 0 Å². The minimum Gasteiger partial charge on any atom is -0.496 e. The van der Waals surface area contributed by atoms with Crippen molar-refractivity contribution in [2.45, 2.75) is 6.42 Å². The summed E-state index contributed by atoms with van der Waals surface area (Å²) in [6.45, 7) is 4.29. The molecule has 0 bridgehead atoms. The molecule has 4 heteroatoms. The number of hydrogen-bond acceptors (Lipinski definition) is 4. The smallest absolute Gasteiger partial charge is 0.122 e. The summed E-state index contributed by atoms with van der Waals surface area (Å²) in [6, 6.07) is 8.19. The van der Waals surface area contributed by atoms with Gasteiger partial charge in [-0.1, -0.05) is 18.2 Å². The van der Waals surface area contributed by atoms with Crippen LogP contribution in [0.4, 0.5) is 0 Å². The van der Waals surface area contributed by atoms with Crippen LogP contribution < -0.4 is 10.5 Å². The van der Waals surface area contributed by atoms with Gasteiger partial charge in [0.2, 0.25) is 0 Å². The van der Waals surface area contributed by atoms with Gasteiger partial charge in [0.1, 0.15) is 5.75 Å². The van der Waals surface area contributed by atoms with Crippen LogP contribution in [0.15, 0.2) is 24.3 Å². The first-order chi connectivity index (χ1) is 9.19. The Balaban J connectivity index is 1.84. The van der Waals surface area contributed by atoms with Crippen molar-refractivity contribution in [2.75, 3.05) is 47.0 Å². The third-order valence-corrected chi connectivity index (χ3v) is 3.81. The lowest BCUT2D eigenvalue weighted by molar-refractivity contribution is -0.117. The molecule has 1 aromatic carbocycles. The van der Waals surface area contributed by atoms with Crippen molar-refractivity contribution in [2.24, 2.45) is 11.1 Å². The maximum Gasteiger partial charge on any atom is 0.122 e. The molecule has 106 valence electrons. The predicted molar refractivity (Wildman–Crippen MR) is 76.5 cm³/mol. The van der Waals surface area contributed by atoms with E-state index in [0.29, 0.717) is 6.54 Å². The van der Waals surface area contributed by atoms with Crippen molar-refractivity contribution >= 4 is 0 Å². The second-order valence-corrected chi connectivity index (χ2v) is 5.50. The lowest BCUT2D eigenvalue weighted by Gasteiger charge is -2.43. The minimum atomic E-state index is 0.176. The summed E-state index contributed by atoms with van der Waals surface area (Å²) >= 11 is 0. The molecule has 1 fully saturated rings. The highest BCUT2D eigenvalue weighted by Gasteiger charge is 2.37. The molecular formula is C15H24N2O2. The van der Waals surface area contributed by atoms with E-state index in [-0.39, 0.29) is 5.41 Å². The summed E-state index contributed by atoms with van der Waals surface area (Å²) in [7, 11) is 3.86. The van der Waals surface area contributed by atoms with Gasteiger partial charge in [0.05, 0.1) is 20.3 Å². The topological polar surface area (TPSA) is 47.7 Å². The molecule has 19 heavy (non-hydrogen) atoms. The zero-order chi connectivity index (χ0) is 13.7. The number of para-hydroxylation sites is 1. The molecule has 0 radical (unpaired) electrons. The molecule has 0 atom stereocenters. The molecular weight excluding hydrogens is 240 g/mol. The average molecular weight is 264 g/mol. The largest absolute Gasteiger partial charge is 0.496 e. The fourth-order valence-corrected chi connectivity index (χ4v) is 2.54.